The zero-order valence-electron chi connectivity index (χ0n) is 12.3. The monoisotopic (exact) mass is 327 g/mol. The van der Waals surface area contributed by atoms with Crippen LogP contribution < -0.4 is 5.32 Å². The van der Waals surface area contributed by atoms with Gasteiger partial charge in [0, 0.05) is 6.54 Å². The first kappa shape index (κ1) is 16.6. The lowest BCUT2D eigenvalue weighted by atomic mass is 9.93. The highest BCUT2D eigenvalue weighted by Gasteiger charge is 2.58. The Balaban J connectivity index is 2.04. The molecule has 1 aliphatic heterocycles. The molecule has 0 aromatic heterocycles. The standard InChI is InChI=1S/C13H20F3NO3S/c1-11(2)6-12(11,3)7-17-10(18)8-4-21(19,20)5-9(8)13(14,15)16/h8-9H,4-7H2,1-3H3,(H,17,18). The highest BCUT2D eigenvalue weighted by atomic mass is 32.2. The molecular formula is C13H20F3NO3S. The third kappa shape index (κ3) is 3.19. The lowest BCUT2D eigenvalue weighted by Gasteiger charge is -2.22. The molecule has 3 unspecified atom stereocenters. The minimum absolute atomic E-state index is 0.0471. The first-order valence-electron chi connectivity index (χ1n) is 6.82. The summed E-state index contributed by atoms with van der Waals surface area (Å²) in [7, 11) is -3.81. The van der Waals surface area contributed by atoms with Crippen molar-refractivity contribution in [1.82, 2.24) is 5.32 Å². The second kappa shape index (κ2) is 4.60. The van der Waals surface area contributed by atoms with Gasteiger partial charge in [-0.25, -0.2) is 8.42 Å². The summed E-state index contributed by atoms with van der Waals surface area (Å²) in [4.78, 5) is 12.0. The van der Waals surface area contributed by atoms with E-state index in [2.05, 4.69) is 5.32 Å². The average molecular weight is 327 g/mol. The van der Waals surface area contributed by atoms with Gasteiger partial charge in [-0.1, -0.05) is 20.8 Å². The number of hydrogen-bond donors (Lipinski definition) is 1. The molecule has 122 valence electrons. The Morgan fingerprint density at radius 3 is 2.19 bits per heavy atom. The Morgan fingerprint density at radius 2 is 1.76 bits per heavy atom. The molecule has 2 aliphatic rings. The first-order valence-corrected chi connectivity index (χ1v) is 8.64. The van der Waals surface area contributed by atoms with Crippen molar-refractivity contribution in [3.63, 3.8) is 0 Å². The maximum atomic E-state index is 12.9. The molecule has 1 heterocycles. The maximum Gasteiger partial charge on any atom is 0.393 e. The van der Waals surface area contributed by atoms with Gasteiger partial charge < -0.3 is 5.32 Å². The molecule has 2 fully saturated rings. The molecule has 3 atom stereocenters. The lowest BCUT2D eigenvalue weighted by Crippen LogP contribution is -2.42. The van der Waals surface area contributed by atoms with Crippen LogP contribution in [0.5, 0.6) is 0 Å². The average Bonchev–Trinajstić information content (AvgIpc) is 2.63. The van der Waals surface area contributed by atoms with Crippen molar-refractivity contribution in [2.75, 3.05) is 18.1 Å². The summed E-state index contributed by atoms with van der Waals surface area (Å²) < 4.78 is 61.5. The van der Waals surface area contributed by atoms with E-state index in [0.29, 0.717) is 0 Å². The third-order valence-electron chi connectivity index (χ3n) is 5.10. The minimum Gasteiger partial charge on any atom is -0.355 e. The Labute approximate surface area is 122 Å². The summed E-state index contributed by atoms with van der Waals surface area (Å²) in [6.07, 6.45) is -3.79. The molecule has 1 saturated carbocycles. The van der Waals surface area contributed by atoms with Gasteiger partial charge in [0.2, 0.25) is 5.91 Å². The van der Waals surface area contributed by atoms with Crippen molar-refractivity contribution in [2.24, 2.45) is 22.7 Å². The molecule has 1 saturated heterocycles. The summed E-state index contributed by atoms with van der Waals surface area (Å²) in [6.45, 7) is 6.29. The molecule has 0 bridgehead atoms. The SMILES string of the molecule is CC1(C)CC1(C)CNC(=O)C1CS(=O)(=O)CC1C(F)(F)F. The zero-order valence-corrected chi connectivity index (χ0v) is 13.1. The van der Waals surface area contributed by atoms with Crippen LogP contribution in [0.1, 0.15) is 27.2 Å². The van der Waals surface area contributed by atoms with Gasteiger partial charge in [0.25, 0.3) is 0 Å². The fourth-order valence-electron chi connectivity index (χ4n) is 3.07. The van der Waals surface area contributed by atoms with Crippen molar-refractivity contribution in [1.29, 1.82) is 0 Å². The van der Waals surface area contributed by atoms with Crippen LogP contribution in [0.25, 0.3) is 0 Å². The number of carbonyl (C=O) groups is 1. The molecule has 0 spiro atoms. The van der Waals surface area contributed by atoms with Gasteiger partial charge in [0.15, 0.2) is 9.84 Å². The van der Waals surface area contributed by atoms with E-state index in [1.807, 2.05) is 20.8 Å². The van der Waals surface area contributed by atoms with Crippen LogP contribution in [-0.2, 0) is 14.6 Å². The van der Waals surface area contributed by atoms with Crippen LogP contribution in [0.2, 0.25) is 0 Å². The molecule has 1 N–H and O–H groups in total. The Bertz CT molecular complexity index is 555. The lowest BCUT2D eigenvalue weighted by molar-refractivity contribution is -0.181. The van der Waals surface area contributed by atoms with Crippen LogP contribution in [0, 0.1) is 22.7 Å². The van der Waals surface area contributed by atoms with E-state index in [-0.39, 0.29) is 17.4 Å². The molecule has 8 heteroatoms. The molecular weight excluding hydrogens is 307 g/mol. The number of rotatable bonds is 3. The molecule has 2 rings (SSSR count). The molecule has 1 amide bonds. The Hall–Kier alpha value is -0.790. The number of halogens is 3. The third-order valence-corrected chi connectivity index (χ3v) is 6.84. The smallest absolute Gasteiger partial charge is 0.355 e. The molecule has 0 radical (unpaired) electrons. The largest absolute Gasteiger partial charge is 0.393 e. The zero-order chi connectivity index (χ0) is 16.3. The van der Waals surface area contributed by atoms with Gasteiger partial charge in [-0.15, -0.1) is 0 Å². The van der Waals surface area contributed by atoms with E-state index in [1.165, 1.54) is 0 Å². The number of amides is 1. The highest BCUT2D eigenvalue weighted by molar-refractivity contribution is 7.91. The van der Waals surface area contributed by atoms with Crippen molar-refractivity contribution in [3.05, 3.63) is 0 Å². The number of nitrogens with one attached hydrogen (secondary N) is 1. The fourth-order valence-corrected chi connectivity index (χ4v) is 5.11. The molecule has 1 aliphatic carbocycles. The molecule has 0 aromatic rings. The van der Waals surface area contributed by atoms with Crippen molar-refractivity contribution < 1.29 is 26.4 Å². The van der Waals surface area contributed by atoms with E-state index >= 15 is 0 Å². The summed E-state index contributed by atoms with van der Waals surface area (Å²) >= 11 is 0. The number of carbonyl (C=O) groups excluding carboxylic acids is 1. The molecule has 21 heavy (non-hydrogen) atoms. The van der Waals surface area contributed by atoms with Crippen LogP contribution in [0.3, 0.4) is 0 Å². The first-order chi connectivity index (χ1) is 9.28. The fraction of sp³-hybridized carbons (Fsp3) is 0.923. The van der Waals surface area contributed by atoms with Crippen LogP contribution in [0.15, 0.2) is 0 Å². The Morgan fingerprint density at radius 1 is 1.24 bits per heavy atom. The second-order valence-corrected chi connectivity index (χ2v) is 9.32. The minimum atomic E-state index is -4.67. The number of hydrogen-bond acceptors (Lipinski definition) is 3. The summed E-state index contributed by atoms with van der Waals surface area (Å²) in [6, 6.07) is 0. The normalized spacial score (nSPS) is 37.2. The van der Waals surface area contributed by atoms with Gasteiger partial charge in [0.05, 0.1) is 23.3 Å². The topological polar surface area (TPSA) is 63.2 Å². The van der Waals surface area contributed by atoms with Gasteiger partial charge in [-0.3, -0.25) is 4.79 Å². The summed E-state index contributed by atoms with van der Waals surface area (Å²) in [5.41, 5.74) is -0.0840. The van der Waals surface area contributed by atoms with Gasteiger partial charge in [-0.05, 0) is 17.3 Å². The van der Waals surface area contributed by atoms with E-state index in [4.69, 9.17) is 0 Å². The predicted molar refractivity (Wildman–Crippen MR) is 71.2 cm³/mol. The quantitative estimate of drug-likeness (QED) is 0.859. The maximum absolute atomic E-state index is 12.9. The number of alkyl halides is 3. The van der Waals surface area contributed by atoms with Crippen LogP contribution in [0.4, 0.5) is 13.2 Å². The van der Waals surface area contributed by atoms with Crippen molar-refractivity contribution in [2.45, 2.75) is 33.4 Å². The van der Waals surface area contributed by atoms with Crippen molar-refractivity contribution >= 4 is 15.7 Å². The summed E-state index contributed by atoms with van der Waals surface area (Å²) in [5.74, 6) is -6.13. The van der Waals surface area contributed by atoms with Crippen LogP contribution >= 0.6 is 0 Å². The summed E-state index contributed by atoms with van der Waals surface area (Å²) in [5, 5.41) is 2.52. The van der Waals surface area contributed by atoms with Crippen LogP contribution in [-0.4, -0.2) is 38.6 Å². The van der Waals surface area contributed by atoms with E-state index in [1.54, 1.807) is 0 Å². The van der Waals surface area contributed by atoms with Gasteiger partial charge in [-0.2, -0.15) is 13.2 Å². The van der Waals surface area contributed by atoms with E-state index in [9.17, 15) is 26.4 Å². The van der Waals surface area contributed by atoms with Gasteiger partial charge in [0.1, 0.15) is 0 Å². The second-order valence-electron chi connectivity index (χ2n) is 7.17. The van der Waals surface area contributed by atoms with E-state index < -0.39 is 45.3 Å². The predicted octanol–water partition coefficient (Wildman–Crippen LogP) is 1.76. The van der Waals surface area contributed by atoms with E-state index in [0.717, 1.165) is 6.42 Å². The molecule has 0 aromatic carbocycles. The number of sulfone groups is 1. The van der Waals surface area contributed by atoms with Crippen molar-refractivity contribution in [3.8, 4) is 0 Å². The van der Waals surface area contributed by atoms with Gasteiger partial charge >= 0.3 is 6.18 Å². The Kier molecular flexibility index (Phi) is 3.63. The highest BCUT2D eigenvalue weighted by Crippen LogP contribution is 2.62. The molecule has 4 nitrogen and oxygen atoms in total.